The van der Waals surface area contributed by atoms with Gasteiger partial charge in [0.2, 0.25) is 0 Å². The highest BCUT2D eigenvalue weighted by Gasteiger charge is 2.10. The Morgan fingerprint density at radius 2 is 1.80 bits per heavy atom. The number of hydrogen-bond acceptors (Lipinski definition) is 3. The number of benzene rings is 1. The van der Waals surface area contributed by atoms with Gasteiger partial charge in [0.1, 0.15) is 5.69 Å². The topological polar surface area (TPSA) is 47.8 Å². The van der Waals surface area contributed by atoms with Crippen LogP contribution in [0.3, 0.4) is 0 Å². The number of nitrogens with zero attached hydrogens (tertiary/aromatic N) is 3. The number of aromatic nitrogens is 3. The lowest BCUT2D eigenvalue weighted by molar-refractivity contribution is 0.0968. The molecule has 106 valence electrons. The van der Waals surface area contributed by atoms with Gasteiger partial charge in [-0.3, -0.25) is 4.79 Å². The van der Waals surface area contributed by atoms with E-state index in [0.717, 1.165) is 16.8 Å². The first-order valence-corrected chi connectivity index (χ1v) is 7.03. The normalized spacial score (nSPS) is 11.3. The molecule has 20 heavy (non-hydrogen) atoms. The molecule has 0 spiro atoms. The zero-order valence-electron chi connectivity index (χ0n) is 12.5. The lowest BCUT2D eigenvalue weighted by Crippen LogP contribution is -2.03. The standard InChI is InChI=1S/C16H21N3O/c1-11(2)9-16(20)14-7-5-13(6-8-14)15-10-19(12(3)4)18-17-15/h5-8,10-12H,9H2,1-4H3. The number of hydrogen-bond donors (Lipinski definition) is 0. The van der Waals surface area contributed by atoms with Crippen LogP contribution in [0, 0.1) is 5.92 Å². The Labute approximate surface area is 119 Å². The molecule has 0 saturated heterocycles. The van der Waals surface area contributed by atoms with Crippen LogP contribution >= 0.6 is 0 Å². The summed E-state index contributed by atoms with van der Waals surface area (Å²) in [5.41, 5.74) is 2.58. The quantitative estimate of drug-likeness (QED) is 0.778. The third-order valence-corrected chi connectivity index (χ3v) is 3.14. The van der Waals surface area contributed by atoms with E-state index in [1.807, 2.05) is 35.1 Å². The molecule has 1 aromatic carbocycles. The van der Waals surface area contributed by atoms with E-state index in [0.29, 0.717) is 18.4 Å². The van der Waals surface area contributed by atoms with Crippen molar-refractivity contribution in [3.8, 4) is 11.3 Å². The second-order valence-corrected chi connectivity index (χ2v) is 5.78. The molecule has 0 aliphatic heterocycles. The molecule has 0 fully saturated rings. The highest BCUT2D eigenvalue weighted by molar-refractivity contribution is 5.96. The summed E-state index contributed by atoms with van der Waals surface area (Å²) in [6.45, 7) is 8.23. The Morgan fingerprint density at radius 3 is 2.30 bits per heavy atom. The third kappa shape index (κ3) is 3.32. The summed E-state index contributed by atoms with van der Waals surface area (Å²) in [5, 5.41) is 8.25. The molecule has 0 atom stereocenters. The van der Waals surface area contributed by atoms with E-state index in [-0.39, 0.29) is 5.78 Å². The Kier molecular flexibility index (Phi) is 4.32. The molecular weight excluding hydrogens is 250 g/mol. The number of ketones is 1. The molecule has 4 heteroatoms. The predicted octanol–water partition coefficient (Wildman–Crippen LogP) is 3.75. The molecule has 0 saturated carbocycles. The van der Waals surface area contributed by atoms with Crippen LogP contribution in [0.1, 0.15) is 50.5 Å². The second-order valence-electron chi connectivity index (χ2n) is 5.78. The van der Waals surface area contributed by atoms with Crippen LogP contribution in [0.2, 0.25) is 0 Å². The number of carbonyl (C=O) groups excluding carboxylic acids is 1. The largest absolute Gasteiger partial charge is 0.294 e. The fourth-order valence-corrected chi connectivity index (χ4v) is 1.98. The van der Waals surface area contributed by atoms with Crippen molar-refractivity contribution in [2.45, 2.75) is 40.2 Å². The smallest absolute Gasteiger partial charge is 0.163 e. The van der Waals surface area contributed by atoms with Crippen molar-refractivity contribution in [1.82, 2.24) is 15.0 Å². The summed E-state index contributed by atoms with van der Waals surface area (Å²) in [4.78, 5) is 12.0. The molecular formula is C16H21N3O. The number of rotatable bonds is 5. The van der Waals surface area contributed by atoms with Gasteiger partial charge in [-0.1, -0.05) is 43.3 Å². The summed E-state index contributed by atoms with van der Waals surface area (Å²) < 4.78 is 1.83. The van der Waals surface area contributed by atoms with Gasteiger partial charge in [0, 0.05) is 23.6 Å². The van der Waals surface area contributed by atoms with E-state index in [1.54, 1.807) is 0 Å². The Morgan fingerprint density at radius 1 is 1.15 bits per heavy atom. The van der Waals surface area contributed by atoms with Gasteiger partial charge >= 0.3 is 0 Å². The highest BCUT2D eigenvalue weighted by Crippen LogP contribution is 2.19. The van der Waals surface area contributed by atoms with Gasteiger partial charge in [-0.2, -0.15) is 0 Å². The number of carbonyl (C=O) groups is 1. The maximum atomic E-state index is 12.0. The average molecular weight is 271 g/mol. The van der Waals surface area contributed by atoms with E-state index >= 15 is 0 Å². The Bertz CT molecular complexity index is 582. The second kappa shape index (κ2) is 5.99. The molecule has 0 bridgehead atoms. The van der Waals surface area contributed by atoms with Gasteiger partial charge in [0.15, 0.2) is 5.78 Å². The van der Waals surface area contributed by atoms with Crippen molar-refractivity contribution in [2.24, 2.45) is 5.92 Å². The lowest BCUT2D eigenvalue weighted by Gasteiger charge is -2.04. The fourth-order valence-electron chi connectivity index (χ4n) is 1.98. The Balaban J connectivity index is 2.17. The van der Waals surface area contributed by atoms with Crippen LogP contribution in [-0.4, -0.2) is 20.8 Å². The minimum Gasteiger partial charge on any atom is -0.294 e. The van der Waals surface area contributed by atoms with Crippen LogP contribution < -0.4 is 0 Å². The predicted molar refractivity (Wildman–Crippen MR) is 79.6 cm³/mol. The van der Waals surface area contributed by atoms with E-state index < -0.39 is 0 Å². The SMILES string of the molecule is CC(C)CC(=O)c1ccc(-c2cn(C(C)C)nn2)cc1. The first-order valence-electron chi connectivity index (χ1n) is 7.03. The first kappa shape index (κ1) is 14.4. The van der Waals surface area contributed by atoms with Crippen molar-refractivity contribution in [3.05, 3.63) is 36.0 Å². The van der Waals surface area contributed by atoms with Gasteiger partial charge in [0.25, 0.3) is 0 Å². The van der Waals surface area contributed by atoms with Crippen LogP contribution in [0.25, 0.3) is 11.3 Å². The summed E-state index contributed by atoms with van der Waals surface area (Å²) in [5.74, 6) is 0.575. The van der Waals surface area contributed by atoms with Crippen molar-refractivity contribution in [3.63, 3.8) is 0 Å². The van der Waals surface area contributed by atoms with E-state index in [1.165, 1.54) is 0 Å². The molecule has 0 aliphatic rings. The molecule has 2 rings (SSSR count). The van der Waals surface area contributed by atoms with E-state index in [2.05, 4.69) is 38.0 Å². The van der Waals surface area contributed by atoms with Crippen molar-refractivity contribution in [2.75, 3.05) is 0 Å². The van der Waals surface area contributed by atoms with Crippen LogP contribution in [0.15, 0.2) is 30.5 Å². The zero-order valence-corrected chi connectivity index (χ0v) is 12.5. The summed E-state index contributed by atoms with van der Waals surface area (Å²) in [6, 6.07) is 7.90. The lowest BCUT2D eigenvalue weighted by atomic mass is 10.00. The van der Waals surface area contributed by atoms with Crippen molar-refractivity contribution < 1.29 is 4.79 Å². The minimum atomic E-state index is 0.192. The Hall–Kier alpha value is -1.97. The molecule has 2 aromatic rings. The molecule has 1 heterocycles. The van der Waals surface area contributed by atoms with Crippen molar-refractivity contribution >= 4 is 5.78 Å². The van der Waals surface area contributed by atoms with Crippen LogP contribution in [0.5, 0.6) is 0 Å². The molecule has 0 unspecified atom stereocenters. The monoisotopic (exact) mass is 271 g/mol. The van der Waals surface area contributed by atoms with Gasteiger partial charge in [0.05, 0.1) is 6.20 Å². The highest BCUT2D eigenvalue weighted by atomic mass is 16.1. The van der Waals surface area contributed by atoms with Gasteiger partial charge in [-0.25, -0.2) is 4.68 Å². The van der Waals surface area contributed by atoms with E-state index in [9.17, 15) is 4.79 Å². The van der Waals surface area contributed by atoms with Gasteiger partial charge < -0.3 is 0 Å². The molecule has 0 N–H and O–H groups in total. The fraction of sp³-hybridized carbons (Fsp3) is 0.438. The third-order valence-electron chi connectivity index (χ3n) is 3.14. The molecule has 0 radical (unpaired) electrons. The van der Waals surface area contributed by atoms with Crippen molar-refractivity contribution in [1.29, 1.82) is 0 Å². The minimum absolute atomic E-state index is 0.192. The summed E-state index contributed by atoms with van der Waals surface area (Å²) >= 11 is 0. The zero-order chi connectivity index (χ0) is 14.7. The first-order chi connectivity index (χ1) is 9.47. The molecule has 0 amide bonds. The molecule has 1 aromatic heterocycles. The molecule has 0 aliphatic carbocycles. The van der Waals surface area contributed by atoms with Crippen LogP contribution in [-0.2, 0) is 0 Å². The maximum absolute atomic E-state index is 12.0. The average Bonchev–Trinajstić information content (AvgIpc) is 2.88. The van der Waals surface area contributed by atoms with Crippen LogP contribution in [0.4, 0.5) is 0 Å². The summed E-state index contributed by atoms with van der Waals surface area (Å²) in [7, 11) is 0. The van der Waals surface area contributed by atoms with Gasteiger partial charge in [-0.05, 0) is 19.8 Å². The molecule has 4 nitrogen and oxygen atoms in total. The van der Waals surface area contributed by atoms with E-state index in [4.69, 9.17) is 0 Å². The van der Waals surface area contributed by atoms with Gasteiger partial charge in [-0.15, -0.1) is 5.10 Å². The number of Topliss-reactive ketones (excluding diaryl/α,β-unsaturated/α-hetero) is 1. The maximum Gasteiger partial charge on any atom is 0.163 e. The summed E-state index contributed by atoms with van der Waals surface area (Å²) in [6.07, 6.45) is 2.51.